The summed E-state index contributed by atoms with van der Waals surface area (Å²) in [6.45, 7) is 0.207. The lowest BCUT2D eigenvalue weighted by Crippen LogP contribution is -2.35. The maximum absolute atomic E-state index is 12.5. The van der Waals surface area contributed by atoms with Crippen molar-refractivity contribution in [3.63, 3.8) is 0 Å². The Kier molecular flexibility index (Phi) is 9.08. The standard InChI is InChI=1S/C13H18F2N2O.ClH/c1-16-8-7-13(18)17(10-12(14)15)9-11-5-3-2-4-6-11;/h2-6,12,16H,7-10H2,1H3;1H. The largest absolute Gasteiger partial charge is 0.333 e. The Bertz CT molecular complexity index is 363. The van der Waals surface area contributed by atoms with Crippen molar-refractivity contribution in [2.75, 3.05) is 20.1 Å². The number of nitrogens with zero attached hydrogens (tertiary/aromatic N) is 1. The molecule has 0 saturated carbocycles. The number of rotatable bonds is 7. The van der Waals surface area contributed by atoms with Crippen LogP contribution in [0.4, 0.5) is 8.78 Å². The van der Waals surface area contributed by atoms with Gasteiger partial charge in [-0.2, -0.15) is 0 Å². The molecule has 108 valence electrons. The van der Waals surface area contributed by atoms with Crippen LogP contribution in [0, 0.1) is 0 Å². The van der Waals surface area contributed by atoms with Crippen molar-refractivity contribution in [2.24, 2.45) is 0 Å². The normalized spacial score (nSPS) is 10.1. The van der Waals surface area contributed by atoms with E-state index in [1.54, 1.807) is 7.05 Å². The van der Waals surface area contributed by atoms with Crippen molar-refractivity contribution < 1.29 is 13.6 Å². The summed E-state index contributed by atoms with van der Waals surface area (Å²) in [5.74, 6) is -0.256. The number of carbonyl (C=O) groups excluding carboxylic acids is 1. The molecule has 0 aliphatic heterocycles. The maximum atomic E-state index is 12.5. The summed E-state index contributed by atoms with van der Waals surface area (Å²) in [5.41, 5.74) is 0.857. The third-order valence-corrected chi connectivity index (χ3v) is 2.52. The number of carbonyl (C=O) groups is 1. The highest BCUT2D eigenvalue weighted by atomic mass is 35.5. The van der Waals surface area contributed by atoms with Gasteiger partial charge in [-0.3, -0.25) is 4.79 Å². The van der Waals surface area contributed by atoms with Crippen LogP contribution >= 0.6 is 12.4 Å². The van der Waals surface area contributed by atoms with Crippen molar-refractivity contribution in [1.82, 2.24) is 10.2 Å². The first-order valence-electron chi connectivity index (χ1n) is 5.88. The van der Waals surface area contributed by atoms with Gasteiger partial charge in [0.15, 0.2) is 0 Å². The van der Waals surface area contributed by atoms with Gasteiger partial charge in [0, 0.05) is 19.5 Å². The van der Waals surface area contributed by atoms with Crippen LogP contribution in [0.15, 0.2) is 30.3 Å². The van der Waals surface area contributed by atoms with E-state index in [1.165, 1.54) is 4.90 Å². The number of amides is 1. The molecule has 0 heterocycles. The van der Waals surface area contributed by atoms with E-state index in [-0.39, 0.29) is 31.3 Å². The Morgan fingerprint density at radius 1 is 1.32 bits per heavy atom. The van der Waals surface area contributed by atoms with Crippen LogP contribution in [-0.2, 0) is 11.3 Å². The molecule has 0 fully saturated rings. The van der Waals surface area contributed by atoms with Crippen molar-refractivity contribution in [3.05, 3.63) is 35.9 Å². The monoisotopic (exact) mass is 292 g/mol. The topological polar surface area (TPSA) is 32.3 Å². The molecule has 0 aromatic heterocycles. The molecule has 0 aliphatic rings. The minimum Gasteiger partial charge on any atom is -0.333 e. The zero-order valence-electron chi connectivity index (χ0n) is 10.8. The van der Waals surface area contributed by atoms with Gasteiger partial charge in [-0.1, -0.05) is 30.3 Å². The van der Waals surface area contributed by atoms with Crippen molar-refractivity contribution in [1.29, 1.82) is 0 Å². The Morgan fingerprint density at radius 2 is 1.95 bits per heavy atom. The number of hydrogen-bond donors (Lipinski definition) is 1. The highest BCUT2D eigenvalue weighted by Gasteiger charge is 2.17. The van der Waals surface area contributed by atoms with E-state index in [9.17, 15) is 13.6 Å². The van der Waals surface area contributed by atoms with E-state index >= 15 is 0 Å². The van der Waals surface area contributed by atoms with E-state index in [2.05, 4.69) is 5.32 Å². The lowest BCUT2D eigenvalue weighted by atomic mass is 10.2. The highest BCUT2D eigenvalue weighted by Crippen LogP contribution is 2.08. The van der Waals surface area contributed by atoms with E-state index in [0.717, 1.165) is 5.56 Å². The molecule has 1 rings (SSSR count). The van der Waals surface area contributed by atoms with Gasteiger partial charge in [0.25, 0.3) is 6.43 Å². The maximum Gasteiger partial charge on any atom is 0.255 e. The molecule has 0 aliphatic carbocycles. The summed E-state index contributed by atoms with van der Waals surface area (Å²) in [7, 11) is 1.72. The van der Waals surface area contributed by atoms with E-state index in [0.29, 0.717) is 6.54 Å². The van der Waals surface area contributed by atoms with E-state index < -0.39 is 13.0 Å². The summed E-state index contributed by atoms with van der Waals surface area (Å²) in [6.07, 6.45) is -2.27. The molecule has 1 aromatic carbocycles. The molecule has 1 amide bonds. The Balaban J connectivity index is 0.00000324. The molecule has 0 atom stereocenters. The minimum absolute atomic E-state index is 0. The summed E-state index contributed by atoms with van der Waals surface area (Å²) in [6, 6.07) is 9.15. The number of benzene rings is 1. The Morgan fingerprint density at radius 3 is 2.47 bits per heavy atom. The molecule has 19 heavy (non-hydrogen) atoms. The van der Waals surface area contributed by atoms with Crippen LogP contribution in [0.1, 0.15) is 12.0 Å². The van der Waals surface area contributed by atoms with Crippen molar-refractivity contribution >= 4 is 18.3 Å². The molecule has 0 saturated heterocycles. The first-order valence-corrected chi connectivity index (χ1v) is 5.88. The number of halogens is 3. The number of alkyl halides is 2. The van der Waals surface area contributed by atoms with Crippen molar-refractivity contribution in [3.8, 4) is 0 Å². The first kappa shape index (κ1) is 17.8. The highest BCUT2D eigenvalue weighted by molar-refractivity contribution is 5.85. The summed E-state index contributed by atoms with van der Waals surface area (Å²) < 4.78 is 24.9. The third-order valence-electron chi connectivity index (χ3n) is 2.52. The number of hydrogen-bond acceptors (Lipinski definition) is 2. The van der Waals surface area contributed by atoms with Gasteiger partial charge in [0.2, 0.25) is 5.91 Å². The van der Waals surface area contributed by atoms with Crippen molar-refractivity contribution in [2.45, 2.75) is 19.4 Å². The second-order valence-corrected chi connectivity index (χ2v) is 4.00. The Labute approximate surface area is 118 Å². The van der Waals surface area contributed by atoms with Crippen LogP contribution in [0.3, 0.4) is 0 Å². The van der Waals surface area contributed by atoms with Gasteiger partial charge in [0.1, 0.15) is 0 Å². The average Bonchev–Trinajstić information content (AvgIpc) is 2.36. The van der Waals surface area contributed by atoms with Gasteiger partial charge in [-0.05, 0) is 12.6 Å². The Hall–Kier alpha value is -1.20. The molecule has 1 N–H and O–H groups in total. The number of nitrogens with one attached hydrogen (secondary N) is 1. The van der Waals surface area contributed by atoms with Crippen LogP contribution in [0.2, 0.25) is 0 Å². The van der Waals surface area contributed by atoms with Crippen LogP contribution in [0.5, 0.6) is 0 Å². The van der Waals surface area contributed by atoms with E-state index in [4.69, 9.17) is 0 Å². The minimum atomic E-state index is -2.51. The third kappa shape index (κ3) is 7.08. The quantitative estimate of drug-likeness (QED) is 0.836. The van der Waals surface area contributed by atoms with Gasteiger partial charge < -0.3 is 10.2 Å². The SMILES string of the molecule is CNCCC(=O)N(Cc1ccccc1)CC(F)F.Cl. The van der Waals surface area contributed by atoms with Crippen LogP contribution in [-0.4, -0.2) is 37.4 Å². The van der Waals surface area contributed by atoms with Gasteiger partial charge in [-0.15, -0.1) is 12.4 Å². The molecule has 0 radical (unpaired) electrons. The fourth-order valence-electron chi connectivity index (χ4n) is 1.61. The zero-order valence-corrected chi connectivity index (χ0v) is 11.6. The molecule has 0 bridgehead atoms. The van der Waals surface area contributed by atoms with Gasteiger partial charge >= 0.3 is 0 Å². The van der Waals surface area contributed by atoms with Gasteiger partial charge in [-0.25, -0.2) is 8.78 Å². The molecule has 0 spiro atoms. The van der Waals surface area contributed by atoms with Crippen LogP contribution in [0.25, 0.3) is 0 Å². The van der Waals surface area contributed by atoms with E-state index in [1.807, 2.05) is 30.3 Å². The molecular formula is C13H19ClF2N2O. The summed E-state index contributed by atoms with van der Waals surface area (Å²) >= 11 is 0. The first-order chi connectivity index (χ1) is 8.63. The lowest BCUT2D eigenvalue weighted by Gasteiger charge is -2.22. The molecule has 1 aromatic rings. The molecule has 3 nitrogen and oxygen atoms in total. The second-order valence-electron chi connectivity index (χ2n) is 4.00. The predicted octanol–water partition coefficient (Wildman–Crippen LogP) is 2.31. The summed E-state index contributed by atoms with van der Waals surface area (Å²) in [4.78, 5) is 13.0. The molecular weight excluding hydrogens is 274 g/mol. The smallest absolute Gasteiger partial charge is 0.255 e. The predicted molar refractivity (Wildman–Crippen MR) is 73.7 cm³/mol. The second kappa shape index (κ2) is 9.69. The molecule has 6 heteroatoms. The fourth-order valence-corrected chi connectivity index (χ4v) is 1.61. The zero-order chi connectivity index (χ0) is 13.4. The lowest BCUT2D eigenvalue weighted by molar-refractivity contribution is -0.133. The van der Waals surface area contributed by atoms with Gasteiger partial charge in [0.05, 0.1) is 6.54 Å². The average molecular weight is 293 g/mol. The van der Waals surface area contributed by atoms with Crippen LogP contribution < -0.4 is 5.32 Å². The molecule has 0 unspecified atom stereocenters. The summed E-state index contributed by atoms with van der Waals surface area (Å²) in [5, 5.41) is 2.84. The fraction of sp³-hybridized carbons (Fsp3) is 0.462.